The molecule has 0 saturated heterocycles. The van der Waals surface area contributed by atoms with E-state index in [9.17, 15) is 0 Å². The molecule has 0 aliphatic rings. The maximum absolute atomic E-state index is 4.09. The number of aromatic nitrogens is 2. The lowest BCUT2D eigenvalue weighted by Crippen LogP contribution is -1.70. The number of rotatable bonds is 1. The van der Waals surface area contributed by atoms with Gasteiger partial charge in [-0.25, -0.2) is 0 Å². The van der Waals surface area contributed by atoms with Crippen LogP contribution in [0.15, 0.2) is 9.85 Å². The minimum atomic E-state index is 0.981. The van der Waals surface area contributed by atoms with Gasteiger partial charge in [-0.15, -0.1) is 21.5 Å². The Morgan fingerprint density at radius 3 is 2.62 bits per heavy atom. The number of hydrogen-bond donors (Lipinski definition) is 0. The lowest BCUT2D eigenvalue weighted by atomic mass is 10.3. The van der Waals surface area contributed by atoms with Gasteiger partial charge in [0.15, 0.2) is 8.02 Å². The van der Waals surface area contributed by atoms with E-state index in [0.29, 0.717) is 0 Å². The highest BCUT2D eigenvalue weighted by Crippen LogP contribution is 2.35. The molecule has 6 heteroatoms. The van der Waals surface area contributed by atoms with E-state index in [2.05, 4.69) is 61.7 Å². The second kappa shape index (κ2) is 3.92. The van der Waals surface area contributed by atoms with E-state index in [1.807, 2.05) is 0 Å². The first-order valence-electron chi connectivity index (χ1n) is 3.42. The van der Waals surface area contributed by atoms with Gasteiger partial charge in [-0.05, 0) is 57.1 Å². The zero-order valence-electron chi connectivity index (χ0n) is 6.54. The maximum Gasteiger partial charge on any atom is 0.178 e. The van der Waals surface area contributed by atoms with E-state index in [0.717, 1.165) is 8.02 Å². The van der Waals surface area contributed by atoms with Crippen LogP contribution in [0.5, 0.6) is 0 Å². The Morgan fingerprint density at radius 2 is 2.15 bits per heavy atom. The Hall–Kier alpha value is 0.470. The van der Waals surface area contributed by atoms with Crippen molar-refractivity contribution in [3.63, 3.8) is 0 Å². The topological polar surface area (TPSA) is 25.8 Å². The highest BCUT2D eigenvalue weighted by molar-refractivity contribution is 14.1. The molecule has 0 aliphatic carbocycles. The van der Waals surface area contributed by atoms with E-state index in [1.54, 1.807) is 22.7 Å². The van der Waals surface area contributed by atoms with Crippen molar-refractivity contribution in [2.24, 2.45) is 0 Å². The van der Waals surface area contributed by atoms with Gasteiger partial charge in [-0.2, -0.15) is 0 Å². The molecular weight excluding hydrogens is 383 g/mol. The fraction of sp³-hybridized carbons (Fsp3) is 0.143. The van der Waals surface area contributed by atoms with Crippen LogP contribution in [-0.2, 0) is 0 Å². The molecule has 13 heavy (non-hydrogen) atoms. The predicted octanol–water partition coefficient (Wildman–Crippen LogP) is 3.94. The van der Waals surface area contributed by atoms with Crippen molar-refractivity contribution in [3.8, 4) is 9.88 Å². The highest BCUT2D eigenvalue weighted by Gasteiger charge is 2.09. The summed E-state index contributed by atoms with van der Waals surface area (Å²) >= 11 is 8.99. The van der Waals surface area contributed by atoms with Crippen LogP contribution in [0, 0.1) is 9.94 Å². The third-order valence-electron chi connectivity index (χ3n) is 1.47. The molecule has 0 fully saturated rings. The van der Waals surface area contributed by atoms with Crippen LogP contribution in [0.25, 0.3) is 9.88 Å². The zero-order valence-corrected chi connectivity index (χ0v) is 11.9. The van der Waals surface area contributed by atoms with E-state index >= 15 is 0 Å². The van der Waals surface area contributed by atoms with Crippen LogP contribution in [-0.4, -0.2) is 10.2 Å². The van der Waals surface area contributed by atoms with Crippen molar-refractivity contribution < 1.29 is 0 Å². The minimum absolute atomic E-state index is 0.981. The summed E-state index contributed by atoms with van der Waals surface area (Å²) in [5.41, 5.74) is 1.25. The van der Waals surface area contributed by atoms with Crippen molar-refractivity contribution in [1.29, 1.82) is 0 Å². The SMILES string of the molecule is Cc1cc(-c2nnc(I)s2)sc1Br. The monoisotopic (exact) mass is 386 g/mol. The molecule has 0 radical (unpaired) electrons. The molecule has 0 amide bonds. The van der Waals surface area contributed by atoms with Crippen LogP contribution in [0.3, 0.4) is 0 Å². The molecule has 0 saturated carbocycles. The number of thiophene rings is 1. The van der Waals surface area contributed by atoms with E-state index in [4.69, 9.17) is 0 Å². The van der Waals surface area contributed by atoms with Gasteiger partial charge in [0.2, 0.25) is 0 Å². The third kappa shape index (κ3) is 2.11. The fourth-order valence-electron chi connectivity index (χ4n) is 0.870. The summed E-state index contributed by atoms with van der Waals surface area (Å²) in [5, 5.41) is 9.07. The number of nitrogens with zero attached hydrogens (tertiary/aromatic N) is 2. The largest absolute Gasteiger partial charge is 0.178 e. The molecule has 2 heterocycles. The van der Waals surface area contributed by atoms with Gasteiger partial charge in [0.25, 0.3) is 0 Å². The van der Waals surface area contributed by atoms with Gasteiger partial charge in [0, 0.05) is 0 Å². The van der Waals surface area contributed by atoms with E-state index in [1.165, 1.54) is 14.2 Å². The van der Waals surface area contributed by atoms with Gasteiger partial charge < -0.3 is 0 Å². The lowest BCUT2D eigenvalue weighted by molar-refractivity contribution is 1.08. The summed E-state index contributed by atoms with van der Waals surface area (Å²) in [6.07, 6.45) is 0. The normalized spacial score (nSPS) is 10.7. The second-order valence-electron chi connectivity index (χ2n) is 2.43. The van der Waals surface area contributed by atoms with Gasteiger partial charge in [0.05, 0.1) is 8.66 Å². The molecule has 0 N–H and O–H groups in total. The van der Waals surface area contributed by atoms with E-state index < -0.39 is 0 Å². The number of aryl methyl sites for hydroxylation is 1. The van der Waals surface area contributed by atoms with Gasteiger partial charge in [-0.1, -0.05) is 11.3 Å². The lowest BCUT2D eigenvalue weighted by Gasteiger charge is -1.82. The molecule has 0 atom stereocenters. The number of halogens is 2. The Kier molecular flexibility index (Phi) is 3.01. The average Bonchev–Trinajstić information content (AvgIpc) is 2.61. The average molecular weight is 387 g/mol. The van der Waals surface area contributed by atoms with Gasteiger partial charge >= 0.3 is 0 Å². The summed E-state index contributed by atoms with van der Waals surface area (Å²) in [7, 11) is 0. The molecule has 0 unspecified atom stereocenters. The molecule has 0 spiro atoms. The molecule has 2 aromatic heterocycles. The summed E-state index contributed by atoms with van der Waals surface area (Å²) in [6.45, 7) is 2.08. The molecule has 2 aromatic rings. The molecular formula is C7H4BrIN2S2. The zero-order chi connectivity index (χ0) is 9.42. The van der Waals surface area contributed by atoms with Crippen molar-refractivity contribution in [3.05, 3.63) is 18.4 Å². The van der Waals surface area contributed by atoms with Crippen molar-refractivity contribution in [2.45, 2.75) is 6.92 Å². The van der Waals surface area contributed by atoms with Crippen LogP contribution in [0.4, 0.5) is 0 Å². The molecule has 0 bridgehead atoms. The molecule has 2 rings (SSSR count). The van der Waals surface area contributed by atoms with Crippen LogP contribution < -0.4 is 0 Å². The Morgan fingerprint density at radius 1 is 1.38 bits per heavy atom. The van der Waals surface area contributed by atoms with Crippen LogP contribution in [0.2, 0.25) is 0 Å². The van der Waals surface area contributed by atoms with Crippen LogP contribution in [0.1, 0.15) is 5.56 Å². The van der Waals surface area contributed by atoms with Crippen molar-refractivity contribution >= 4 is 61.2 Å². The standard InChI is InChI=1S/C7H4BrIN2S2/c1-3-2-4(12-5(3)8)6-10-11-7(9)13-6/h2H,1H3. The van der Waals surface area contributed by atoms with Crippen LogP contribution >= 0.6 is 61.2 Å². The third-order valence-corrected chi connectivity index (χ3v) is 5.36. The molecule has 0 aromatic carbocycles. The van der Waals surface area contributed by atoms with E-state index in [-0.39, 0.29) is 0 Å². The first-order valence-corrected chi connectivity index (χ1v) is 6.92. The smallest absolute Gasteiger partial charge is 0.137 e. The van der Waals surface area contributed by atoms with Crippen molar-refractivity contribution in [1.82, 2.24) is 10.2 Å². The summed E-state index contributed by atoms with van der Waals surface area (Å²) in [6, 6.07) is 2.13. The maximum atomic E-state index is 4.09. The molecule has 0 aliphatic heterocycles. The quantitative estimate of drug-likeness (QED) is 0.693. The molecule has 2 nitrogen and oxygen atoms in total. The second-order valence-corrected chi connectivity index (χ2v) is 7.53. The summed E-state index contributed by atoms with van der Waals surface area (Å²) < 4.78 is 2.16. The predicted molar refractivity (Wildman–Crippen MR) is 68.4 cm³/mol. The number of hydrogen-bond acceptors (Lipinski definition) is 4. The first-order chi connectivity index (χ1) is 6.16. The fourth-order valence-corrected chi connectivity index (χ4v) is 3.75. The summed E-state index contributed by atoms with van der Waals surface area (Å²) in [4.78, 5) is 1.18. The Bertz CT molecular complexity index is 418. The van der Waals surface area contributed by atoms with Crippen molar-refractivity contribution in [2.75, 3.05) is 0 Å². The summed E-state index contributed by atoms with van der Waals surface area (Å²) in [5.74, 6) is 0. The Balaban J connectivity index is 2.46. The van der Waals surface area contributed by atoms with Gasteiger partial charge in [-0.3, -0.25) is 0 Å². The Labute approximate surface area is 106 Å². The minimum Gasteiger partial charge on any atom is -0.137 e. The highest BCUT2D eigenvalue weighted by atomic mass is 127. The first kappa shape index (κ1) is 10.0. The molecule has 68 valence electrons. The van der Waals surface area contributed by atoms with Gasteiger partial charge in [0.1, 0.15) is 0 Å².